The van der Waals surface area contributed by atoms with Crippen molar-refractivity contribution in [3.05, 3.63) is 66.1 Å². The van der Waals surface area contributed by atoms with Crippen molar-refractivity contribution in [2.24, 2.45) is 0 Å². The van der Waals surface area contributed by atoms with Gasteiger partial charge in [-0.3, -0.25) is 9.20 Å². The number of nitrogens with one attached hydrogen (secondary N) is 1. The lowest BCUT2D eigenvalue weighted by Crippen LogP contribution is -2.15. The van der Waals surface area contributed by atoms with Crippen molar-refractivity contribution in [1.29, 1.82) is 0 Å². The summed E-state index contributed by atoms with van der Waals surface area (Å²) in [6, 6.07) is 12.2. The van der Waals surface area contributed by atoms with Crippen LogP contribution in [0.25, 0.3) is 27.3 Å². The van der Waals surface area contributed by atoms with Crippen LogP contribution in [0.5, 0.6) is 0 Å². The number of hydrogen-bond donors (Lipinski definition) is 1. The molecule has 0 unspecified atom stereocenters. The van der Waals surface area contributed by atoms with E-state index < -0.39 is 0 Å². The fraction of sp³-hybridized carbons (Fsp3) is 0.182. The zero-order valence-corrected chi connectivity index (χ0v) is 17.4. The van der Waals surface area contributed by atoms with Crippen LogP contribution in [0.3, 0.4) is 0 Å². The highest BCUT2D eigenvalue weighted by atomic mass is 32.1. The van der Waals surface area contributed by atoms with Gasteiger partial charge in [-0.15, -0.1) is 11.3 Å². The fourth-order valence-corrected chi connectivity index (χ4v) is 4.33. The van der Waals surface area contributed by atoms with Crippen molar-refractivity contribution in [1.82, 2.24) is 24.1 Å². The summed E-state index contributed by atoms with van der Waals surface area (Å²) in [7, 11) is 0. The lowest BCUT2D eigenvalue weighted by atomic mass is 10.2. The van der Waals surface area contributed by atoms with Crippen LogP contribution in [0.4, 0.5) is 5.69 Å². The van der Waals surface area contributed by atoms with Crippen molar-refractivity contribution >= 4 is 38.9 Å². The highest BCUT2D eigenvalue weighted by Crippen LogP contribution is 2.24. The van der Waals surface area contributed by atoms with E-state index in [2.05, 4.69) is 34.2 Å². The molecule has 0 saturated carbocycles. The molecule has 0 spiro atoms. The van der Waals surface area contributed by atoms with E-state index in [1.165, 1.54) is 11.3 Å². The monoisotopic (exact) mass is 416 g/mol. The van der Waals surface area contributed by atoms with E-state index in [1.54, 1.807) is 12.4 Å². The first-order chi connectivity index (χ1) is 14.6. The molecule has 30 heavy (non-hydrogen) atoms. The Balaban J connectivity index is 1.35. The van der Waals surface area contributed by atoms with Gasteiger partial charge in [0.1, 0.15) is 0 Å². The molecule has 150 valence electrons. The van der Waals surface area contributed by atoms with E-state index in [-0.39, 0.29) is 18.4 Å². The second-order valence-electron chi connectivity index (χ2n) is 7.42. The number of carbonyl (C=O) groups is 1. The molecule has 0 radical (unpaired) electrons. The largest absolute Gasteiger partial charge is 0.324 e. The second-order valence-corrected chi connectivity index (χ2v) is 8.25. The summed E-state index contributed by atoms with van der Waals surface area (Å²) in [6.45, 7) is 4.12. The summed E-state index contributed by atoms with van der Waals surface area (Å²) < 4.78 is 3.85. The van der Waals surface area contributed by atoms with Crippen molar-refractivity contribution in [2.45, 2.75) is 26.3 Å². The van der Waals surface area contributed by atoms with E-state index in [1.807, 2.05) is 57.1 Å². The molecule has 8 heteroatoms. The molecule has 5 rings (SSSR count). The van der Waals surface area contributed by atoms with E-state index in [9.17, 15) is 4.79 Å². The Bertz CT molecular complexity index is 1350. The molecule has 0 aliphatic carbocycles. The number of amides is 1. The third-order valence-corrected chi connectivity index (χ3v) is 5.79. The van der Waals surface area contributed by atoms with Crippen LogP contribution in [0.1, 0.15) is 25.6 Å². The van der Waals surface area contributed by atoms with Gasteiger partial charge in [0.15, 0.2) is 10.6 Å². The number of carbonyl (C=O) groups excluding carboxylic acids is 1. The first-order valence-electron chi connectivity index (χ1n) is 9.72. The van der Waals surface area contributed by atoms with Crippen LogP contribution in [0, 0.1) is 0 Å². The lowest BCUT2D eigenvalue weighted by molar-refractivity contribution is -0.115. The Labute approximate surface area is 177 Å². The number of anilines is 1. The summed E-state index contributed by atoms with van der Waals surface area (Å²) >= 11 is 1.53. The molecule has 5 aromatic rings. The Morgan fingerprint density at radius 3 is 2.83 bits per heavy atom. The quantitative estimate of drug-likeness (QED) is 0.455. The fourth-order valence-electron chi connectivity index (χ4n) is 3.46. The van der Waals surface area contributed by atoms with Crippen LogP contribution in [0.2, 0.25) is 0 Å². The summed E-state index contributed by atoms with van der Waals surface area (Å²) in [4.78, 5) is 22.7. The van der Waals surface area contributed by atoms with Gasteiger partial charge < -0.3 is 5.32 Å². The molecule has 0 atom stereocenters. The van der Waals surface area contributed by atoms with Crippen molar-refractivity contribution in [3.63, 3.8) is 0 Å². The molecule has 4 heterocycles. The maximum absolute atomic E-state index is 12.7. The highest BCUT2D eigenvalue weighted by molar-refractivity contribution is 7.15. The standard InChI is InChI=1S/C22H20N6OS/c1-14(2)28-21-16(10-24-28)8-17(11-23-21)25-20(29)9-18-13-30-22-26-19(12-27(18)22)15-6-4-3-5-7-15/h3-8,10-14H,9H2,1-2H3,(H,25,29). The van der Waals surface area contributed by atoms with Gasteiger partial charge in [-0.25, -0.2) is 14.6 Å². The minimum absolute atomic E-state index is 0.0953. The average molecular weight is 417 g/mol. The van der Waals surface area contributed by atoms with E-state index in [4.69, 9.17) is 0 Å². The third kappa shape index (κ3) is 3.35. The number of nitrogens with zero attached hydrogens (tertiary/aromatic N) is 5. The normalized spacial score (nSPS) is 11.6. The first kappa shape index (κ1) is 18.5. The number of benzene rings is 1. The number of aromatic nitrogens is 5. The minimum Gasteiger partial charge on any atom is -0.324 e. The average Bonchev–Trinajstić information content (AvgIpc) is 3.43. The summed E-state index contributed by atoms with van der Waals surface area (Å²) in [5.41, 5.74) is 4.35. The molecular weight excluding hydrogens is 396 g/mol. The van der Waals surface area contributed by atoms with Gasteiger partial charge in [0.25, 0.3) is 0 Å². The van der Waals surface area contributed by atoms with Crippen LogP contribution in [-0.4, -0.2) is 30.1 Å². The van der Waals surface area contributed by atoms with Gasteiger partial charge in [-0.2, -0.15) is 5.10 Å². The lowest BCUT2D eigenvalue weighted by Gasteiger charge is -2.07. The molecule has 0 fully saturated rings. The van der Waals surface area contributed by atoms with Gasteiger partial charge in [0.05, 0.1) is 30.2 Å². The molecule has 7 nitrogen and oxygen atoms in total. The van der Waals surface area contributed by atoms with Crippen LogP contribution < -0.4 is 5.32 Å². The number of fused-ring (bicyclic) bond motifs is 2. The predicted octanol–water partition coefficient (Wildman–Crippen LogP) is 4.57. The molecule has 1 amide bonds. The van der Waals surface area contributed by atoms with Gasteiger partial charge in [-0.05, 0) is 19.9 Å². The van der Waals surface area contributed by atoms with Crippen LogP contribution >= 0.6 is 11.3 Å². The Kier molecular flexibility index (Phi) is 4.55. The van der Waals surface area contributed by atoms with Gasteiger partial charge in [-0.1, -0.05) is 30.3 Å². The Morgan fingerprint density at radius 1 is 1.20 bits per heavy atom. The topological polar surface area (TPSA) is 77.1 Å². The molecule has 1 N–H and O–H groups in total. The second kappa shape index (κ2) is 7.38. The molecular formula is C22H20N6OS. The summed E-state index contributed by atoms with van der Waals surface area (Å²) in [6.07, 6.45) is 5.69. The summed E-state index contributed by atoms with van der Waals surface area (Å²) in [5.74, 6) is -0.0953. The molecule has 0 aliphatic heterocycles. The van der Waals surface area contributed by atoms with Crippen LogP contribution in [-0.2, 0) is 11.2 Å². The van der Waals surface area contributed by atoms with Crippen molar-refractivity contribution in [3.8, 4) is 11.3 Å². The molecule has 0 saturated heterocycles. The number of pyridine rings is 1. The Morgan fingerprint density at radius 2 is 2.03 bits per heavy atom. The maximum atomic E-state index is 12.7. The predicted molar refractivity (Wildman–Crippen MR) is 119 cm³/mol. The number of rotatable bonds is 5. The van der Waals surface area contributed by atoms with Crippen molar-refractivity contribution in [2.75, 3.05) is 5.32 Å². The third-order valence-electron chi connectivity index (χ3n) is 4.90. The Hall–Kier alpha value is -3.52. The molecule has 0 bridgehead atoms. The molecule has 1 aromatic carbocycles. The smallest absolute Gasteiger partial charge is 0.230 e. The first-order valence-corrected chi connectivity index (χ1v) is 10.6. The number of imidazole rings is 1. The van der Waals surface area contributed by atoms with Crippen LogP contribution in [0.15, 0.2) is 60.4 Å². The van der Waals surface area contributed by atoms with Gasteiger partial charge in [0.2, 0.25) is 5.91 Å². The number of hydrogen-bond acceptors (Lipinski definition) is 5. The number of thiazole rings is 1. The zero-order valence-electron chi connectivity index (χ0n) is 16.6. The molecule has 0 aliphatic rings. The maximum Gasteiger partial charge on any atom is 0.230 e. The van der Waals surface area contributed by atoms with E-state index >= 15 is 0 Å². The highest BCUT2D eigenvalue weighted by Gasteiger charge is 2.14. The van der Waals surface area contributed by atoms with Gasteiger partial charge >= 0.3 is 0 Å². The minimum atomic E-state index is -0.0953. The SMILES string of the molecule is CC(C)n1ncc2cc(NC(=O)Cc3csc4nc(-c5ccccc5)cn34)cnc21. The molecule has 4 aromatic heterocycles. The van der Waals surface area contributed by atoms with Gasteiger partial charge in [0, 0.05) is 34.3 Å². The van der Waals surface area contributed by atoms with Crippen molar-refractivity contribution < 1.29 is 4.79 Å². The van der Waals surface area contributed by atoms with E-state index in [0.29, 0.717) is 5.69 Å². The zero-order chi connectivity index (χ0) is 20.7. The van der Waals surface area contributed by atoms with E-state index in [0.717, 1.165) is 32.9 Å². The summed E-state index contributed by atoms with van der Waals surface area (Å²) in [5, 5.41) is 10.2.